The molecule has 25 heavy (non-hydrogen) atoms. The Kier molecular flexibility index (Phi) is 8.07. The first kappa shape index (κ1) is 20.1. The van der Waals surface area contributed by atoms with Crippen molar-refractivity contribution in [3.63, 3.8) is 0 Å². The number of halogens is 3. The molecule has 0 atom stereocenters. The highest BCUT2D eigenvalue weighted by Gasteiger charge is 2.16. The first-order valence-corrected chi connectivity index (χ1v) is 9.65. The highest BCUT2D eigenvalue weighted by molar-refractivity contribution is 9.10. The zero-order valence-electron chi connectivity index (χ0n) is 13.9. The predicted molar refractivity (Wildman–Crippen MR) is 105 cm³/mol. The number of esters is 1. The van der Waals surface area contributed by atoms with Crippen LogP contribution in [-0.2, 0) is 0 Å². The van der Waals surface area contributed by atoms with E-state index >= 15 is 0 Å². The molecule has 0 N–H and O–H groups in total. The van der Waals surface area contributed by atoms with Crippen molar-refractivity contribution in [1.29, 1.82) is 0 Å². The van der Waals surface area contributed by atoms with Gasteiger partial charge in [-0.1, -0.05) is 65.3 Å². The van der Waals surface area contributed by atoms with Crippen molar-refractivity contribution >= 4 is 45.1 Å². The van der Waals surface area contributed by atoms with E-state index in [2.05, 4.69) is 22.9 Å². The minimum absolute atomic E-state index is 0.274. The lowest BCUT2D eigenvalue weighted by molar-refractivity contribution is 0.0734. The fourth-order valence-corrected chi connectivity index (χ4v) is 3.05. The zero-order chi connectivity index (χ0) is 18.2. The van der Waals surface area contributed by atoms with Crippen LogP contribution in [0.2, 0.25) is 10.0 Å². The minimum Gasteiger partial charge on any atom is -0.490 e. The number of ether oxygens (including phenoxy) is 2. The van der Waals surface area contributed by atoms with Gasteiger partial charge >= 0.3 is 5.97 Å². The molecule has 0 spiro atoms. The van der Waals surface area contributed by atoms with Crippen LogP contribution < -0.4 is 9.47 Å². The van der Waals surface area contributed by atoms with Crippen LogP contribution in [0.1, 0.15) is 43.0 Å². The molecule has 0 saturated heterocycles. The van der Waals surface area contributed by atoms with Crippen molar-refractivity contribution < 1.29 is 14.3 Å². The maximum Gasteiger partial charge on any atom is 0.343 e. The van der Waals surface area contributed by atoms with Gasteiger partial charge in [0.15, 0.2) is 5.75 Å². The third-order valence-corrected chi connectivity index (χ3v) is 4.59. The smallest absolute Gasteiger partial charge is 0.343 e. The van der Waals surface area contributed by atoms with Gasteiger partial charge in [0.05, 0.1) is 22.2 Å². The van der Waals surface area contributed by atoms with Gasteiger partial charge in [-0.2, -0.15) is 0 Å². The minimum atomic E-state index is -0.527. The van der Waals surface area contributed by atoms with E-state index in [0.29, 0.717) is 28.2 Å². The number of carbonyl (C=O) groups excluding carboxylic acids is 1. The number of hydrogen-bond donors (Lipinski definition) is 0. The topological polar surface area (TPSA) is 35.5 Å². The van der Waals surface area contributed by atoms with Crippen LogP contribution in [0.3, 0.4) is 0 Å². The summed E-state index contributed by atoms with van der Waals surface area (Å²) >= 11 is 15.8. The quantitative estimate of drug-likeness (QED) is 0.251. The number of rotatable bonds is 8. The van der Waals surface area contributed by atoms with Crippen molar-refractivity contribution in [1.82, 2.24) is 0 Å². The molecular formula is C19H19BrCl2O3. The van der Waals surface area contributed by atoms with Crippen LogP contribution in [0, 0.1) is 0 Å². The van der Waals surface area contributed by atoms with Gasteiger partial charge in [0.1, 0.15) is 5.75 Å². The Labute approximate surface area is 166 Å². The number of unbranched alkanes of at least 4 members (excludes halogenated alkanes) is 3. The molecule has 0 heterocycles. The molecule has 0 aliphatic carbocycles. The lowest BCUT2D eigenvalue weighted by atomic mass is 10.2. The second-order valence-electron chi connectivity index (χ2n) is 5.52. The monoisotopic (exact) mass is 444 g/mol. The lowest BCUT2D eigenvalue weighted by Gasteiger charge is -2.12. The summed E-state index contributed by atoms with van der Waals surface area (Å²) in [6.07, 6.45) is 4.37. The second kappa shape index (κ2) is 10.0. The normalized spacial score (nSPS) is 10.6. The van der Waals surface area contributed by atoms with Crippen molar-refractivity contribution in [2.24, 2.45) is 0 Å². The van der Waals surface area contributed by atoms with E-state index in [1.165, 1.54) is 18.6 Å². The van der Waals surface area contributed by atoms with Crippen molar-refractivity contribution in [3.05, 3.63) is 56.5 Å². The van der Waals surface area contributed by atoms with Gasteiger partial charge in [0.25, 0.3) is 0 Å². The van der Waals surface area contributed by atoms with Gasteiger partial charge < -0.3 is 9.47 Å². The number of hydrogen-bond acceptors (Lipinski definition) is 3. The van der Waals surface area contributed by atoms with Crippen LogP contribution >= 0.6 is 39.1 Å². The first-order valence-electron chi connectivity index (χ1n) is 8.11. The molecule has 2 rings (SSSR count). The van der Waals surface area contributed by atoms with E-state index < -0.39 is 5.97 Å². The van der Waals surface area contributed by atoms with Crippen LogP contribution in [0.5, 0.6) is 11.5 Å². The molecule has 0 fully saturated rings. The third-order valence-electron chi connectivity index (χ3n) is 3.50. The molecule has 0 aromatic heterocycles. The zero-order valence-corrected chi connectivity index (χ0v) is 17.0. The van der Waals surface area contributed by atoms with E-state index in [-0.39, 0.29) is 5.56 Å². The van der Waals surface area contributed by atoms with Gasteiger partial charge in [-0.3, -0.25) is 0 Å². The third kappa shape index (κ3) is 6.21. The first-order chi connectivity index (χ1) is 12.0. The molecule has 0 bridgehead atoms. The standard InChI is InChI=1S/C19H19BrCl2O3/c1-2-3-4-5-10-24-18-16(21)11-13(12-17(18)22)19(23)25-15-8-6-14(20)7-9-15/h6-9,11-12H,2-5,10H2,1H3. The summed E-state index contributed by atoms with van der Waals surface area (Å²) in [6.45, 7) is 2.70. The second-order valence-corrected chi connectivity index (χ2v) is 7.25. The molecule has 0 radical (unpaired) electrons. The maximum absolute atomic E-state index is 12.3. The number of benzene rings is 2. The lowest BCUT2D eigenvalue weighted by Crippen LogP contribution is -2.09. The molecule has 0 unspecified atom stereocenters. The van der Waals surface area contributed by atoms with Crippen molar-refractivity contribution in [2.45, 2.75) is 32.6 Å². The van der Waals surface area contributed by atoms with Crippen LogP contribution in [-0.4, -0.2) is 12.6 Å². The molecule has 2 aromatic carbocycles. The summed E-state index contributed by atoms with van der Waals surface area (Å²) in [6, 6.07) is 9.99. The number of carbonyl (C=O) groups is 1. The van der Waals surface area contributed by atoms with Gasteiger partial charge in [-0.25, -0.2) is 4.79 Å². The Morgan fingerprint density at radius 1 is 1.04 bits per heavy atom. The van der Waals surface area contributed by atoms with Crippen LogP contribution in [0.25, 0.3) is 0 Å². The maximum atomic E-state index is 12.3. The average Bonchev–Trinajstić information content (AvgIpc) is 2.58. The summed E-state index contributed by atoms with van der Waals surface area (Å²) in [5, 5.41) is 0.594. The van der Waals surface area contributed by atoms with Gasteiger partial charge in [0, 0.05) is 4.47 Å². The van der Waals surface area contributed by atoms with E-state index in [9.17, 15) is 4.79 Å². The Hall–Kier alpha value is -1.23. The Balaban J connectivity index is 2.02. The SMILES string of the molecule is CCCCCCOc1c(Cl)cc(C(=O)Oc2ccc(Br)cc2)cc1Cl. The van der Waals surface area contributed by atoms with E-state index in [4.69, 9.17) is 32.7 Å². The molecule has 3 nitrogen and oxygen atoms in total. The van der Waals surface area contributed by atoms with E-state index in [0.717, 1.165) is 23.7 Å². The van der Waals surface area contributed by atoms with Gasteiger partial charge in [-0.05, 0) is 42.8 Å². The fraction of sp³-hybridized carbons (Fsp3) is 0.316. The Morgan fingerprint density at radius 2 is 1.68 bits per heavy atom. The molecule has 134 valence electrons. The Bertz CT molecular complexity index is 694. The molecule has 2 aromatic rings. The Morgan fingerprint density at radius 3 is 2.28 bits per heavy atom. The van der Waals surface area contributed by atoms with Crippen LogP contribution in [0.15, 0.2) is 40.9 Å². The molecular weight excluding hydrogens is 427 g/mol. The average molecular weight is 446 g/mol. The fourth-order valence-electron chi connectivity index (χ4n) is 2.19. The summed E-state index contributed by atoms with van der Waals surface area (Å²) in [5.74, 6) is 0.317. The molecule has 0 aliphatic heterocycles. The summed E-state index contributed by atoms with van der Waals surface area (Å²) in [7, 11) is 0. The molecule has 0 aliphatic rings. The highest BCUT2D eigenvalue weighted by atomic mass is 79.9. The molecule has 0 amide bonds. The summed E-state index contributed by atoms with van der Waals surface area (Å²) in [4.78, 5) is 12.3. The van der Waals surface area contributed by atoms with Crippen LogP contribution in [0.4, 0.5) is 0 Å². The molecule has 6 heteroatoms. The largest absolute Gasteiger partial charge is 0.490 e. The van der Waals surface area contributed by atoms with E-state index in [1.54, 1.807) is 24.3 Å². The highest BCUT2D eigenvalue weighted by Crippen LogP contribution is 2.34. The van der Waals surface area contributed by atoms with Gasteiger partial charge in [0.2, 0.25) is 0 Å². The van der Waals surface area contributed by atoms with Crippen molar-refractivity contribution in [2.75, 3.05) is 6.61 Å². The summed E-state index contributed by atoms with van der Waals surface area (Å²) < 4.78 is 11.9. The summed E-state index contributed by atoms with van der Waals surface area (Å²) in [5.41, 5.74) is 0.274. The molecule has 0 saturated carbocycles. The van der Waals surface area contributed by atoms with Gasteiger partial charge in [-0.15, -0.1) is 0 Å². The predicted octanol–water partition coefficient (Wildman–Crippen LogP) is 6.93. The van der Waals surface area contributed by atoms with E-state index in [1.807, 2.05) is 0 Å². The van der Waals surface area contributed by atoms with Crippen molar-refractivity contribution in [3.8, 4) is 11.5 Å².